The van der Waals surface area contributed by atoms with Crippen LogP contribution in [-0.4, -0.2) is 83.8 Å². The molecular weight excluding hydrogens is 691 g/mol. The summed E-state index contributed by atoms with van der Waals surface area (Å²) in [6.07, 6.45) is 9.95. The van der Waals surface area contributed by atoms with E-state index in [9.17, 15) is 32.4 Å². The highest BCUT2D eigenvalue weighted by Gasteiger charge is 2.62. The standard InChI is InChI=1S/C37H45N5O9S/c1-2-25-20-37(25,35(46)40-52(48,49)27-15-16-27)39-33(44)29-19-26-22-42(29)31(43)21-38-36(47)51-30-14-9-12-23(30)10-5-3-4-8-17-41-32(50-26)18-24-11-6-7-13-28(24)34(41)45/h2,4,6-8,11,13,18,23,25-27,29-30H,1,3,5,9-10,12,14-17,19-22H2,(H,38,47)(H,39,44)(H,40,46)/b8-4+/t23-,25-,26-,29+,30-,37-/m1/s1. The Balaban J connectivity index is 1.17. The molecule has 0 spiro atoms. The second-order valence-corrected chi connectivity index (χ2v) is 16.6. The van der Waals surface area contributed by atoms with Crippen molar-refractivity contribution in [3.05, 3.63) is 65.5 Å². The van der Waals surface area contributed by atoms with E-state index in [0.717, 1.165) is 38.5 Å². The summed E-state index contributed by atoms with van der Waals surface area (Å²) >= 11 is 0. The third-order valence-corrected chi connectivity index (χ3v) is 12.9. The van der Waals surface area contributed by atoms with Gasteiger partial charge in [0.1, 0.15) is 30.3 Å². The third-order valence-electron chi connectivity index (χ3n) is 11.0. The zero-order valence-electron chi connectivity index (χ0n) is 29.0. The fourth-order valence-corrected chi connectivity index (χ4v) is 9.22. The van der Waals surface area contributed by atoms with Gasteiger partial charge in [0.25, 0.3) is 11.5 Å². The Morgan fingerprint density at radius 3 is 2.58 bits per heavy atom. The van der Waals surface area contributed by atoms with Gasteiger partial charge in [-0.05, 0) is 75.2 Å². The van der Waals surface area contributed by atoms with Crippen LogP contribution in [0.5, 0.6) is 5.88 Å². The van der Waals surface area contributed by atoms with Gasteiger partial charge in [0.2, 0.25) is 21.8 Å². The van der Waals surface area contributed by atoms with Crippen LogP contribution in [0.1, 0.15) is 64.2 Å². The number of benzene rings is 1. The van der Waals surface area contributed by atoms with E-state index in [2.05, 4.69) is 21.9 Å². The topological polar surface area (TPSA) is 182 Å². The summed E-state index contributed by atoms with van der Waals surface area (Å²) in [5, 5.41) is 5.87. The molecular formula is C37H45N5O9S. The van der Waals surface area contributed by atoms with E-state index in [1.54, 1.807) is 18.2 Å². The van der Waals surface area contributed by atoms with Crippen molar-refractivity contribution in [3.63, 3.8) is 0 Å². The minimum absolute atomic E-state index is 0.000538. The molecule has 0 radical (unpaired) electrons. The number of sulfonamides is 1. The highest BCUT2D eigenvalue weighted by atomic mass is 32.2. The molecule has 1 aromatic heterocycles. The number of amides is 4. The Morgan fingerprint density at radius 1 is 1.02 bits per heavy atom. The average molecular weight is 736 g/mol. The minimum Gasteiger partial charge on any atom is -0.473 e. The lowest BCUT2D eigenvalue weighted by Crippen LogP contribution is -2.57. The molecule has 6 atom stereocenters. The molecule has 4 amide bonds. The van der Waals surface area contributed by atoms with Gasteiger partial charge in [-0.2, -0.15) is 0 Å². The molecule has 14 nitrogen and oxygen atoms in total. The lowest BCUT2D eigenvalue weighted by molar-refractivity contribution is -0.139. The monoisotopic (exact) mass is 735 g/mol. The molecule has 3 aliphatic carbocycles. The number of carbonyl (C=O) groups is 4. The number of rotatable bonds is 6. The molecule has 2 bridgehead atoms. The highest BCUT2D eigenvalue weighted by Crippen LogP contribution is 2.45. The first-order chi connectivity index (χ1) is 25.0. The zero-order chi connectivity index (χ0) is 36.6. The van der Waals surface area contributed by atoms with Gasteiger partial charge in [0, 0.05) is 30.3 Å². The number of fused-ring (bicyclic) bond motifs is 5. The first-order valence-corrected chi connectivity index (χ1v) is 19.7. The summed E-state index contributed by atoms with van der Waals surface area (Å²) in [6.45, 7) is 3.49. The van der Waals surface area contributed by atoms with Crippen LogP contribution >= 0.6 is 0 Å². The largest absolute Gasteiger partial charge is 0.473 e. The Bertz CT molecular complexity index is 1970. The van der Waals surface area contributed by atoms with E-state index in [-0.39, 0.29) is 49.4 Å². The second-order valence-electron chi connectivity index (χ2n) is 14.6. The maximum Gasteiger partial charge on any atom is 0.407 e. The molecule has 3 N–H and O–H groups in total. The van der Waals surface area contributed by atoms with E-state index in [0.29, 0.717) is 23.6 Å². The number of carbonyl (C=O) groups excluding carboxylic acids is 4. The quantitative estimate of drug-likeness (QED) is 0.376. The molecule has 7 rings (SSSR count). The molecule has 52 heavy (non-hydrogen) atoms. The van der Waals surface area contributed by atoms with E-state index in [1.165, 1.54) is 15.5 Å². The predicted molar refractivity (Wildman–Crippen MR) is 191 cm³/mol. The summed E-state index contributed by atoms with van der Waals surface area (Å²) in [5.41, 5.74) is -1.79. The van der Waals surface area contributed by atoms with E-state index in [1.807, 2.05) is 24.3 Å². The molecule has 2 aromatic rings. The van der Waals surface area contributed by atoms with Crippen molar-refractivity contribution in [2.45, 2.75) is 99.8 Å². The molecule has 4 fully saturated rings. The second kappa shape index (κ2) is 14.4. The number of nitrogens with one attached hydrogen (secondary N) is 3. The molecule has 2 aliphatic heterocycles. The molecule has 0 unspecified atom stereocenters. The van der Waals surface area contributed by atoms with Crippen molar-refractivity contribution < 1.29 is 37.1 Å². The number of ether oxygens (including phenoxy) is 2. The van der Waals surface area contributed by atoms with Gasteiger partial charge in [-0.25, -0.2) is 13.2 Å². The average Bonchev–Trinajstić information content (AvgIpc) is 4.01. The van der Waals surface area contributed by atoms with Crippen LogP contribution in [0, 0.1) is 11.8 Å². The van der Waals surface area contributed by atoms with Crippen molar-refractivity contribution in [3.8, 4) is 5.88 Å². The zero-order valence-corrected chi connectivity index (χ0v) is 29.8. The van der Waals surface area contributed by atoms with Gasteiger partial charge >= 0.3 is 6.09 Å². The molecule has 278 valence electrons. The van der Waals surface area contributed by atoms with Crippen LogP contribution in [0.15, 0.2) is 59.9 Å². The number of aromatic nitrogens is 1. The molecule has 15 heteroatoms. The first-order valence-electron chi connectivity index (χ1n) is 18.2. The number of hydrogen-bond donors (Lipinski definition) is 3. The first kappa shape index (κ1) is 35.7. The number of hydrogen-bond acceptors (Lipinski definition) is 9. The van der Waals surface area contributed by atoms with Gasteiger partial charge in [-0.3, -0.25) is 28.5 Å². The normalized spacial score (nSPS) is 30.2. The van der Waals surface area contributed by atoms with Crippen molar-refractivity contribution >= 4 is 44.6 Å². The number of alkyl carbamates (subject to hydrolysis) is 1. The van der Waals surface area contributed by atoms with Gasteiger partial charge < -0.3 is 25.0 Å². The maximum absolute atomic E-state index is 14.1. The van der Waals surface area contributed by atoms with Gasteiger partial charge in [-0.15, -0.1) is 6.58 Å². The van der Waals surface area contributed by atoms with Crippen molar-refractivity contribution in [2.75, 3.05) is 13.1 Å². The summed E-state index contributed by atoms with van der Waals surface area (Å²) in [5.74, 6) is -2.15. The lowest BCUT2D eigenvalue weighted by atomic mass is 9.98. The van der Waals surface area contributed by atoms with Crippen LogP contribution < -0.4 is 25.7 Å². The van der Waals surface area contributed by atoms with Crippen molar-refractivity contribution in [2.24, 2.45) is 11.8 Å². The molecule has 1 saturated heterocycles. The predicted octanol–water partition coefficient (Wildman–Crippen LogP) is 2.65. The molecule has 3 heterocycles. The van der Waals surface area contributed by atoms with Crippen LogP contribution in [0.2, 0.25) is 0 Å². The van der Waals surface area contributed by atoms with Crippen molar-refractivity contribution in [1.82, 2.24) is 24.8 Å². The number of allylic oxidation sites excluding steroid dienone is 2. The van der Waals surface area contributed by atoms with Gasteiger partial charge in [0.15, 0.2) is 5.88 Å². The summed E-state index contributed by atoms with van der Waals surface area (Å²) < 4.78 is 41.1. The van der Waals surface area contributed by atoms with E-state index < -0.39 is 69.2 Å². The van der Waals surface area contributed by atoms with Gasteiger partial charge in [0.05, 0.1) is 11.8 Å². The smallest absolute Gasteiger partial charge is 0.407 e. The van der Waals surface area contributed by atoms with Gasteiger partial charge in [-0.1, -0.05) is 36.4 Å². The van der Waals surface area contributed by atoms with Crippen LogP contribution in [0.25, 0.3) is 10.8 Å². The van der Waals surface area contributed by atoms with Crippen molar-refractivity contribution in [1.29, 1.82) is 0 Å². The Morgan fingerprint density at radius 2 is 1.81 bits per heavy atom. The van der Waals surface area contributed by atoms with Crippen LogP contribution in [0.3, 0.4) is 0 Å². The lowest BCUT2D eigenvalue weighted by Gasteiger charge is -2.26. The third kappa shape index (κ3) is 7.32. The van der Waals surface area contributed by atoms with Crippen LogP contribution in [-0.2, 0) is 35.7 Å². The molecule has 3 saturated carbocycles. The Hall–Kier alpha value is -4.66. The number of pyridine rings is 1. The highest BCUT2D eigenvalue weighted by molar-refractivity contribution is 7.91. The summed E-state index contributed by atoms with van der Waals surface area (Å²) in [6, 6.07) is 7.81. The minimum atomic E-state index is -3.89. The van der Waals surface area contributed by atoms with Crippen LogP contribution in [0.4, 0.5) is 4.79 Å². The molecule has 1 aromatic carbocycles. The fourth-order valence-electron chi connectivity index (χ4n) is 7.85. The SMILES string of the molecule is C=C[C@@H]1C[C@]1(NC(=O)[C@@H]1C[C@@H]2CN1C(=O)CNC(=O)O[C@@H]1CCC[C@H]1CCC/C=C/Cn1c(cc3ccccc3c1=O)O2)C(=O)NS(=O)(=O)C1CC1. The number of nitrogens with zero attached hydrogens (tertiary/aromatic N) is 2. The maximum atomic E-state index is 14.1. The molecule has 5 aliphatic rings. The summed E-state index contributed by atoms with van der Waals surface area (Å²) in [7, 11) is -3.89. The Labute approximate surface area is 302 Å². The fraction of sp³-hybridized carbons (Fsp3) is 0.541. The Kier molecular flexibility index (Phi) is 9.89. The van der Waals surface area contributed by atoms with E-state index >= 15 is 0 Å². The summed E-state index contributed by atoms with van der Waals surface area (Å²) in [4.78, 5) is 69.1. The van der Waals surface area contributed by atoms with E-state index in [4.69, 9.17) is 9.47 Å².